The van der Waals surface area contributed by atoms with Crippen LogP contribution in [0.5, 0.6) is 0 Å². The molecule has 2 N–H and O–H groups in total. The van der Waals surface area contributed by atoms with Gasteiger partial charge in [0.15, 0.2) is 0 Å². The molecule has 84 valence electrons. The first-order chi connectivity index (χ1) is 7.85. The van der Waals surface area contributed by atoms with Gasteiger partial charge < -0.3 is 10.6 Å². The van der Waals surface area contributed by atoms with E-state index in [1.807, 2.05) is 12.1 Å². The van der Waals surface area contributed by atoms with Gasteiger partial charge in [0.1, 0.15) is 11.8 Å². The molecule has 0 spiro atoms. The molecule has 1 unspecified atom stereocenters. The summed E-state index contributed by atoms with van der Waals surface area (Å²) in [4.78, 5) is 6.40. The second-order valence-electron chi connectivity index (χ2n) is 4.09. The van der Waals surface area contributed by atoms with E-state index in [1.54, 1.807) is 12.3 Å². The molecule has 16 heavy (non-hydrogen) atoms. The number of pyridine rings is 1. The number of aromatic nitrogens is 1. The van der Waals surface area contributed by atoms with Crippen molar-refractivity contribution in [1.29, 1.82) is 5.26 Å². The van der Waals surface area contributed by atoms with Gasteiger partial charge in [-0.25, -0.2) is 4.98 Å². The maximum atomic E-state index is 8.69. The Morgan fingerprint density at radius 3 is 3.00 bits per heavy atom. The van der Waals surface area contributed by atoms with Gasteiger partial charge in [-0.3, -0.25) is 0 Å². The van der Waals surface area contributed by atoms with Crippen LogP contribution in [0.4, 0.5) is 5.69 Å². The molecule has 1 atom stereocenters. The molecule has 0 radical (unpaired) electrons. The number of piperidine rings is 1. The van der Waals surface area contributed by atoms with Gasteiger partial charge in [0.25, 0.3) is 0 Å². The molecule has 0 aromatic carbocycles. The zero-order valence-electron chi connectivity index (χ0n) is 9.26. The molecule has 2 rings (SSSR count). The number of nitrogens with zero attached hydrogens (tertiary/aromatic N) is 3. The maximum Gasteiger partial charge on any atom is 0.140 e. The van der Waals surface area contributed by atoms with Gasteiger partial charge in [-0.05, 0) is 31.4 Å². The molecule has 0 bridgehead atoms. The summed E-state index contributed by atoms with van der Waals surface area (Å²) in [5.74, 6) is 0. The summed E-state index contributed by atoms with van der Waals surface area (Å²) in [6.45, 7) is 1.72. The van der Waals surface area contributed by atoms with Crippen LogP contribution in [-0.2, 0) is 0 Å². The Morgan fingerprint density at radius 1 is 1.50 bits per heavy atom. The number of anilines is 1. The first kappa shape index (κ1) is 10.9. The molecule has 1 aromatic heterocycles. The van der Waals surface area contributed by atoms with Crippen molar-refractivity contribution < 1.29 is 0 Å². The number of hydrogen-bond donors (Lipinski definition) is 1. The molecule has 4 nitrogen and oxygen atoms in total. The number of nitriles is 1. The molecule has 2 heterocycles. The lowest BCUT2D eigenvalue weighted by molar-refractivity contribution is 0.465. The van der Waals surface area contributed by atoms with Crippen molar-refractivity contribution in [2.45, 2.75) is 25.3 Å². The lowest BCUT2D eigenvalue weighted by Gasteiger charge is -2.36. The molecule has 0 aliphatic carbocycles. The van der Waals surface area contributed by atoms with Gasteiger partial charge in [-0.2, -0.15) is 5.26 Å². The van der Waals surface area contributed by atoms with E-state index in [2.05, 4.69) is 9.88 Å². The van der Waals surface area contributed by atoms with Crippen LogP contribution in [0.2, 0.25) is 0 Å². The maximum absolute atomic E-state index is 8.69. The fourth-order valence-corrected chi connectivity index (χ4v) is 2.21. The van der Waals surface area contributed by atoms with E-state index in [0.29, 0.717) is 18.3 Å². The second-order valence-corrected chi connectivity index (χ2v) is 4.09. The minimum atomic E-state index is 0.420. The summed E-state index contributed by atoms with van der Waals surface area (Å²) in [6.07, 6.45) is 5.38. The standard InChI is InChI=1S/C12H16N4/c13-7-10-4-5-12(9-15-10)16-6-2-1-3-11(16)8-14/h4-5,9,11H,1-3,6,8,14H2. The average molecular weight is 216 g/mol. The van der Waals surface area contributed by atoms with E-state index in [1.165, 1.54) is 12.8 Å². The summed E-state index contributed by atoms with van der Waals surface area (Å²) in [6, 6.07) is 6.17. The first-order valence-corrected chi connectivity index (χ1v) is 5.68. The van der Waals surface area contributed by atoms with Crippen molar-refractivity contribution in [2.75, 3.05) is 18.0 Å². The molecule has 1 fully saturated rings. The first-order valence-electron chi connectivity index (χ1n) is 5.68. The van der Waals surface area contributed by atoms with Crippen molar-refractivity contribution in [3.05, 3.63) is 24.0 Å². The molecular formula is C12H16N4. The van der Waals surface area contributed by atoms with Crippen LogP contribution in [0, 0.1) is 11.3 Å². The third-order valence-electron chi connectivity index (χ3n) is 3.09. The minimum Gasteiger partial charge on any atom is -0.366 e. The van der Waals surface area contributed by atoms with E-state index < -0.39 is 0 Å². The van der Waals surface area contributed by atoms with Gasteiger partial charge in [-0.1, -0.05) is 0 Å². The van der Waals surface area contributed by atoms with Crippen LogP contribution in [0.3, 0.4) is 0 Å². The van der Waals surface area contributed by atoms with Crippen LogP contribution in [0.15, 0.2) is 18.3 Å². The lowest BCUT2D eigenvalue weighted by atomic mass is 10.0. The predicted molar refractivity (Wildman–Crippen MR) is 63.0 cm³/mol. The van der Waals surface area contributed by atoms with Gasteiger partial charge in [0.2, 0.25) is 0 Å². The predicted octanol–water partition coefficient (Wildman–Crippen LogP) is 1.27. The topological polar surface area (TPSA) is 65.9 Å². The van der Waals surface area contributed by atoms with E-state index in [0.717, 1.165) is 18.7 Å². The molecule has 1 saturated heterocycles. The molecule has 1 aliphatic rings. The Bertz CT molecular complexity index is 379. The van der Waals surface area contributed by atoms with Gasteiger partial charge >= 0.3 is 0 Å². The van der Waals surface area contributed by atoms with Crippen LogP contribution in [0.1, 0.15) is 25.0 Å². The van der Waals surface area contributed by atoms with Crippen molar-refractivity contribution in [3.8, 4) is 6.07 Å². The van der Waals surface area contributed by atoms with E-state index in [4.69, 9.17) is 11.0 Å². The molecule has 1 aliphatic heterocycles. The third-order valence-corrected chi connectivity index (χ3v) is 3.09. The summed E-state index contributed by atoms with van der Waals surface area (Å²) in [5, 5.41) is 8.69. The number of hydrogen-bond acceptors (Lipinski definition) is 4. The molecule has 4 heteroatoms. The summed E-state index contributed by atoms with van der Waals surface area (Å²) < 4.78 is 0. The Labute approximate surface area is 95.7 Å². The smallest absolute Gasteiger partial charge is 0.140 e. The van der Waals surface area contributed by atoms with Crippen molar-refractivity contribution in [3.63, 3.8) is 0 Å². The zero-order valence-corrected chi connectivity index (χ0v) is 9.26. The fourth-order valence-electron chi connectivity index (χ4n) is 2.21. The van der Waals surface area contributed by atoms with E-state index in [-0.39, 0.29) is 0 Å². The van der Waals surface area contributed by atoms with Gasteiger partial charge in [0.05, 0.1) is 11.9 Å². The monoisotopic (exact) mass is 216 g/mol. The largest absolute Gasteiger partial charge is 0.366 e. The van der Waals surface area contributed by atoms with Crippen LogP contribution in [0.25, 0.3) is 0 Å². The highest BCUT2D eigenvalue weighted by atomic mass is 15.2. The molecular weight excluding hydrogens is 200 g/mol. The van der Waals surface area contributed by atoms with E-state index in [9.17, 15) is 0 Å². The average Bonchev–Trinajstić information content (AvgIpc) is 2.39. The number of nitrogens with two attached hydrogens (primary N) is 1. The highest BCUT2D eigenvalue weighted by Gasteiger charge is 2.21. The van der Waals surface area contributed by atoms with Crippen molar-refractivity contribution in [1.82, 2.24) is 4.98 Å². The molecule has 0 saturated carbocycles. The highest BCUT2D eigenvalue weighted by molar-refractivity contribution is 5.47. The van der Waals surface area contributed by atoms with Crippen molar-refractivity contribution >= 4 is 5.69 Å². The minimum absolute atomic E-state index is 0.420. The summed E-state index contributed by atoms with van der Waals surface area (Å²) >= 11 is 0. The Hall–Kier alpha value is -1.60. The van der Waals surface area contributed by atoms with Gasteiger partial charge in [0, 0.05) is 19.1 Å². The van der Waals surface area contributed by atoms with Crippen LogP contribution in [-0.4, -0.2) is 24.1 Å². The van der Waals surface area contributed by atoms with Crippen LogP contribution < -0.4 is 10.6 Å². The third kappa shape index (κ3) is 2.15. The SMILES string of the molecule is N#Cc1ccc(N2CCCCC2CN)cn1. The van der Waals surface area contributed by atoms with Crippen molar-refractivity contribution in [2.24, 2.45) is 5.73 Å². The normalized spacial score (nSPS) is 20.5. The fraction of sp³-hybridized carbons (Fsp3) is 0.500. The van der Waals surface area contributed by atoms with Crippen LogP contribution >= 0.6 is 0 Å². The van der Waals surface area contributed by atoms with Gasteiger partial charge in [-0.15, -0.1) is 0 Å². The number of rotatable bonds is 2. The Balaban J connectivity index is 2.18. The van der Waals surface area contributed by atoms with E-state index >= 15 is 0 Å². The molecule has 0 amide bonds. The summed E-state index contributed by atoms with van der Waals surface area (Å²) in [7, 11) is 0. The quantitative estimate of drug-likeness (QED) is 0.808. The lowest BCUT2D eigenvalue weighted by Crippen LogP contribution is -2.44. The Morgan fingerprint density at radius 2 is 2.38 bits per heavy atom. The highest BCUT2D eigenvalue weighted by Crippen LogP contribution is 2.23. The second kappa shape index (κ2) is 4.95. The molecule has 1 aromatic rings. The Kier molecular flexibility index (Phi) is 3.37. The zero-order chi connectivity index (χ0) is 11.4. The summed E-state index contributed by atoms with van der Waals surface area (Å²) in [5.41, 5.74) is 7.31.